The Labute approximate surface area is 107 Å². The molecule has 0 aromatic carbocycles. The fourth-order valence-corrected chi connectivity index (χ4v) is 1.47. The van der Waals surface area contributed by atoms with E-state index in [9.17, 15) is 14.4 Å². The standard InChI is InChI=1S/C12H11N3O4/c1-8(16)13-11-4-5-15(12(18)14-11)7-9(17)10-3-2-6-19-10/h2-6H,7H2,1H3,(H,13,14,16,18). The fourth-order valence-electron chi connectivity index (χ4n) is 1.47. The number of ketones is 1. The Hall–Kier alpha value is -2.70. The Morgan fingerprint density at radius 2 is 2.21 bits per heavy atom. The van der Waals surface area contributed by atoms with Crippen LogP contribution < -0.4 is 11.0 Å². The molecule has 0 atom stereocenters. The zero-order chi connectivity index (χ0) is 13.8. The van der Waals surface area contributed by atoms with Gasteiger partial charge in [-0.3, -0.25) is 14.2 Å². The third-order valence-corrected chi connectivity index (χ3v) is 2.29. The van der Waals surface area contributed by atoms with E-state index in [1.165, 1.54) is 31.5 Å². The van der Waals surface area contributed by atoms with Gasteiger partial charge in [-0.15, -0.1) is 0 Å². The highest BCUT2D eigenvalue weighted by atomic mass is 16.3. The highest BCUT2D eigenvalue weighted by molar-refractivity contribution is 5.93. The van der Waals surface area contributed by atoms with Crippen LogP contribution in [0.3, 0.4) is 0 Å². The summed E-state index contributed by atoms with van der Waals surface area (Å²) >= 11 is 0. The predicted molar refractivity (Wildman–Crippen MR) is 65.8 cm³/mol. The summed E-state index contributed by atoms with van der Waals surface area (Å²) < 4.78 is 6.08. The van der Waals surface area contributed by atoms with Crippen LogP contribution in [0.1, 0.15) is 17.5 Å². The number of carbonyl (C=O) groups excluding carboxylic acids is 2. The summed E-state index contributed by atoms with van der Waals surface area (Å²) in [7, 11) is 0. The van der Waals surface area contributed by atoms with Gasteiger partial charge in [0.25, 0.3) is 0 Å². The molecule has 1 amide bonds. The minimum atomic E-state index is -0.619. The zero-order valence-electron chi connectivity index (χ0n) is 10.1. The summed E-state index contributed by atoms with van der Waals surface area (Å²) in [5.41, 5.74) is -0.619. The van der Waals surface area contributed by atoms with Crippen LogP contribution in [-0.4, -0.2) is 21.2 Å². The molecule has 7 nitrogen and oxygen atoms in total. The van der Waals surface area contributed by atoms with Gasteiger partial charge in [0, 0.05) is 13.1 Å². The van der Waals surface area contributed by atoms with Crippen molar-refractivity contribution in [3.05, 3.63) is 46.9 Å². The van der Waals surface area contributed by atoms with E-state index in [0.717, 1.165) is 4.57 Å². The van der Waals surface area contributed by atoms with Gasteiger partial charge in [-0.1, -0.05) is 0 Å². The molecule has 0 aliphatic carbocycles. The predicted octanol–water partition coefficient (Wildman–Crippen LogP) is 0.678. The lowest BCUT2D eigenvalue weighted by molar-refractivity contribution is -0.114. The van der Waals surface area contributed by atoms with Crippen LogP contribution in [0, 0.1) is 0 Å². The number of anilines is 1. The van der Waals surface area contributed by atoms with Gasteiger partial charge in [0.15, 0.2) is 5.76 Å². The van der Waals surface area contributed by atoms with Crippen molar-refractivity contribution in [1.29, 1.82) is 0 Å². The molecule has 0 aliphatic heterocycles. The van der Waals surface area contributed by atoms with E-state index < -0.39 is 5.69 Å². The van der Waals surface area contributed by atoms with Gasteiger partial charge >= 0.3 is 5.69 Å². The van der Waals surface area contributed by atoms with Crippen LogP contribution in [0.15, 0.2) is 39.9 Å². The van der Waals surface area contributed by atoms with Crippen LogP contribution in [0.5, 0.6) is 0 Å². The summed E-state index contributed by atoms with van der Waals surface area (Å²) in [4.78, 5) is 37.8. The highest BCUT2D eigenvalue weighted by Gasteiger charge is 2.11. The topological polar surface area (TPSA) is 94.2 Å². The minimum Gasteiger partial charge on any atom is -0.461 e. The molecule has 19 heavy (non-hydrogen) atoms. The first-order valence-electron chi connectivity index (χ1n) is 5.48. The van der Waals surface area contributed by atoms with E-state index in [2.05, 4.69) is 10.3 Å². The molecule has 0 radical (unpaired) electrons. The van der Waals surface area contributed by atoms with Gasteiger partial charge in [-0.25, -0.2) is 4.79 Å². The van der Waals surface area contributed by atoms with Crippen molar-refractivity contribution >= 4 is 17.5 Å². The number of carbonyl (C=O) groups is 2. The summed E-state index contributed by atoms with van der Waals surface area (Å²) in [5.74, 6) is -0.325. The van der Waals surface area contributed by atoms with E-state index >= 15 is 0 Å². The van der Waals surface area contributed by atoms with E-state index in [4.69, 9.17) is 4.42 Å². The number of rotatable bonds is 4. The zero-order valence-corrected chi connectivity index (χ0v) is 10.1. The Balaban J connectivity index is 2.16. The van der Waals surface area contributed by atoms with Gasteiger partial charge in [-0.2, -0.15) is 4.98 Å². The molecule has 0 aliphatic rings. The van der Waals surface area contributed by atoms with Crippen molar-refractivity contribution in [1.82, 2.24) is 9.55 Å². The fraction of sp³-hybridized carbons (Fsp3) is 0.167. The van der Waals surface area contributed by atoms with E-state index in [1.54, 1.807) is 6.07 Å². The smallest absolute Gasteiger partial charge is 0.349 e. The third-order valence-electron chi connectivity index (χ3n) is 2.29. The maximum atomic E-state index is 11.7. The molecule has 0 fully saturated rings. The van der Waals surface area contributed by atoms with E-state index in [1.807, 2.05) is 0 Å². The Bertz CT molecular complexity index is 658. The van der Waals surface area contributed by atoms with Crippen LogP contribution >= 0.6 is 0 Å². The molecule has 2 aromatic rings. The van der Waals surface area contributed by atoms with Crippen LogP contribution in [0.2, 0.25) is 0 Å². The first-order chi connectivity index (χ1) is 9.06. The molecule has 0 saturated carbocycles. The lowest BCUT2D eigenvalue weighted by Crippen LogP contribution is -2.27. The largest absolute Gasteiger partial charge is 0.461 e. The summed E-state index contributed by atoms with van der Waals surface area (Å²) in [5, 5.41) is 2.39. The second kappa shape index (κ2) is 5.30. The SMILES string of the molecule is CC(=O)Nc1ccn(CC(=O)c2ccco2)c(=O)n1. The molecule has 0 saturated heterocycles. The average Bonchev–Trinajstić information content (AvgIpc) is 2.85. The van der Waals surface area contributed by atoms with Crippen LogP contribution in [0.4, 0.5) is 5.82 Å². The lowest BCUT2D eigenvalue weighted by Gasteiger charge is -2.04. The van der Waals surface area contributed by atoms with Crippen molar-refractivity contribution in [3.8, 4) is 0 Å². The van der Waals surface area contributed by atoms with E-state index in [0.29, 0.717) is 0 Å². The first-order valence-corrected chi connectivity index (χ1v) is 5.48. The molecular weight excluding hydrogens is 250 g/mol. The van der Waals surface area contributed by atoms with Crippen molar-refractivity contribution in [2.45, 2.75) is 13.5 Å². The summed E-state index contributed by atoms with van der Waals surface area (Å²) in [6.07, 6.45) is 2.77. The normalized spacial score (nSPS) is 10.2. The van der Waals surface area contributed by atoms with Gasteiger partial charge in [0.1, 0.15) is 5.82 Å². The number of aromatic nitrogens is 2. The molecule has 0 unspecified atom stereocenters. The maximum absolute atomic E-state index is 11.7. The molecule has 2 heterocycles. The van der Waals surface area contributed by atoms with Crippen molar-refractivity contribution in [3.63, 3.8) is 0 Å². The first kappa shape index (κ1) is 12.7. The Morgan fingerprint density at radius 1 is 1.42 bits per heavy atom. The minimum absolute atomic E-state index is 0.152. The van der Waals surface area contributed by atoms with Gasteiger partial charge in [-0.05, 0) is 18.2 Å². The number of hydrogen-bond acceptors (Lipinski definition) is 5. The van der Waals surface area contributed by atoms with Gasteiger partial charge < -0.3 is 9.73 Å². The monoisotopic (exact) mass is 261 g/mol. The quantitative estimate of drug-likeness (QED) is 0.816. The highest BCUT2D eigenvalue weighted by Crippen LogP contribution is 2.03. The lowest BCUT2D eigenvalue weighted by atomic mass is 10.3. The number of Topliss-reactive ketones (excluding diaryl/α,β-unsaturated/α-hetero) is 1. The molecule has 2 rings (SSSR count). The number of nitrogens with one attached hydrogen (secondary N) is 1. The van der Waals surface area contributed by atoms with Crippen molar-refractivity contribution < 1.29 is 14.0 Å². The second-order valence-corrected chi connectivity index (χ2v) is 3.80. The van der Waals surface area contributed by atoms with Crippen LogP contribution in [0.25, 0.3) is 0 Å². The summed E-state index contributed by atoms with van der Waals surface area (Å²) in [6, 6.07) is 4.55. The van der Waals surface area contributed by atoms with Gasteiger partial charge in [0.05, 0.1) is 12.8 Å². The molecule has 98 valence electrons. The Kier molecular flexibility index (Phi) is 3.56. The number of furan rings is 1. The van der Waals surface area contributed by atoms with E-state index in [-0.39, 0.29) is 29.8 Å². The van der Waals surface area contributed by atoms with Gasteiger partial charge in [0.2, 0.25) is 11.7 Å². The maximum Gasteiger partial charge on any atom is 0.349 e. The number of amides is 1. The molecule has 7 heteroatoms. The summed E-state index contributed by atoms with van der Waals surface area (Å²) in [6.45, 7) is 1.15. The molecule has 0 spiro atoms. The third kappa shape index (κ3) is 3.15. The Morgan fingerprint density at radius 3 is 2.79 bits per heavy atom. The molecule has 1 N–H and O–H groups in total. The molecule has 2 aromatic heterocycles. The second-order valence-electron chi connectivity index (χ2n) is 3.80. The number of hydrogen-bond donors (Lipinski definition) is 1. The average molecular weight is 261 g/mol. The van der Waals surface area contributed by atoms with Crippen molar-refractivity contribution in [2.24, 2.45) is 0 Å². The van der Waals surface area contributed by atoms with Crippen LogP contribution in [-0.2, 0) is 11.3 Å². The van der Waals surface area contributed by atoms with Crippen molar-refractivity contribution in [2.75, 3.05) is 5.32 Å². The molecule has 0 bridgehead atoms. The number of nitrogens with zero attached hydrogens (tertiary/aromatic N) is 2. The molecular formula is C12H11N3O4.